The van der Waals surface area contributed by atoms with E-state index >= 15 is 0 Å². The molecule has 0 amide bonds. The van der Waals surface area contributed by atoms with Crippen LogP contribution in [-0.4, -0.2) is 27.4 Å². The largest absolute Gasteiger partial charge is 0.497 e. The van der Waals surface area contributed by atoms with Gasteiger partial charge < -0.3 is 18.9 Å². The molecule has 0 aromatic heterocycles. The molecule has 2 aromatic carbocycles. The van der Waals surface area contributed by atoms with Crippen molar-refractivity contribution in [3.63, 3.8) is 0 Å². The van der Waals surface area contributed by atoms with Crippen molar-refractivity contribution in [2.24, 2.45) is 0 Å². The van der Waals surface area contributed by atoms with Gasteiger partial charge in [0.15, 0.2) is 0 Å². The summed E-state index contributed by atoms with van der Waals surface area (Å²) >= 11 is 0. The van der Waals surface area contributed by atoms with E-state index in [1.54, 1.807) is 14.2 Å². The van der Waals surface area contributed by atoms with Crippen LogP contribution in [0.15, 0.2) is 60.2 Å². The van der Waals surface area contributed by atoms with Gasteiger partial charge in [-0.25, -0.2) is 0 Å². The van der Waals surface area contributed by atoms with Crippen LogP contribution in [-0.2, 0) is 16.1 Å². The number of hydrogen-bond acceptors (Lipinski definition) is 4. The minimum absolute atomic E-state index is 0.00417. The number of benzene rings is 2. The SMILES string of the molecule is COc1ccc(COCC2=CC(c3ccc(OC)cc3)OC2)cc1. The van der Waals surface area contributed by atoms with E-state index in [4.69, 9.17) is 18.9 Å². The highest BCUT2D eigenvalue weighted by Gasteiger charge is 2.18. The Morgan fingerprint density at radius 1 is 0.875 bits per heavy atom. The average Bonchev–Trinajstić information content (AvgIpc) is 3.11. The van der Waals surface area contributed by atoms with Crippen molar-refractivity contribution in [2.75, 3.05) is 27.4 Å². The Kier molecular flexibility index (Phi) is 5.51. The normalized spacial score (nSPS) is 16.8. The molecule has 1 unspecified atom stereocenters. The summed E-state index contributed by atoms with van der Waals surface area (Å²) in [6, 6.07) is 15.9. The Morgan fingerprint density at radius 2 is 1.50 bits per heavy atom. The summed E-state index contributed by atoms with van der Waals surface area (Å²) in [5.74, 6) is 1.71. The van der Waals surface area contributed by atoms with Crippen LogP contribution in [0, 0.1) is 0 Å². The molecule has 2 aromatic rings. The van der Waals surface area contributed by atoms with Crippen molar-refractivity contribution in [3.8, 4) is 11.5 Å². The molecule has 1 heterocycles. The lowest BCUT2D eigenvalue weighted by molar-refractivity contribution is 0.107. The molecule has 0 bridgehead atoms. The molecule has 1 aliphatic heterocycles. The van der Waals surface area contributed by atoms with Crippen LogP contribution in [0.5, 0.6) is 11.5 Å². The maximum absolute atomic E-state index is 5.83. The van der Waals surface area contributed by atoms with Crippen LogP contribution in [0.4, 0.5) is 0 Å². The van der Waals surface area contributed by atoms with Crippen molar-refractivity contribution in [3.05, 3.63) is 71.3 Å². The molecule has 126 valence electrons. The van der Waals surface area contributed by atoms with Gasteiger partial charge in [-0.15, -0.1) is 0 Å². The summed E-state index contributed by atoms with van der Waals surface area (Å²) in [5.41, 5.74) is 3.42. The van der Waals surface area contributed by atoms with Crippen molar-refractivity contribution in [1.29, 1.82) is 0 Å². The Bertz CT molecular complexity index is 674. The number of methoxy groups -OCH3 is 2. The second-order valence-electron chi connectivity index (χ2n) is 5.67. The molecular formula is C20H22O4. The second kappa shape index (κ2) is 7.99. The highest BCUT2D eigenvalue weighted by atomic mass is 16.5. The van der Waals surface area contributed by atoms with Crippen molar-refractivity contribution >= 4 is 0 Å². The minimum Gasteiger partial charge on any atom is -0.497 e. The maximum Gasteiger partial charge on any atom is 0.118 e. The second-order valence-corrected chi connectivity index (χ2v) is 5.67. The summed E-state index contributed by atoms with van der Waals surface area (Å²) in [5, 5.41) is 0. The van der Waals surface area contributed by atoms with E-state index in [-0.39, 0.29) is 6.10 Å². The van der Waals surface area contributed by atoms with Gasteiger partial charge in [0, 0.05) is 0 Å². The van der Waals surface area contributed by atoms with E-state index in [0.29, 0.717) is 19.8 Å². The molecule has 1 aliphatic rings. The quantitative estimate of drug-likeness (QED) is 0.723. The molecule has 1 atom stereocenters. The number of ether oxygens (including phenoxy) is 4. The molecule has 0 saturated heterocycles. The molecule has 4 heteroatoms. The lowest BCUT2D eigenvalue weighted by Crippen LogP contribution is -2.00. The molecular weight excluding hydrogens is 304 g/mol. The van der Waals surface area contributed by atoms with E-state index in [1.807, 2.05) is 48.5 Å². The van der Waals surface area contributed by atoms with Crippen LogP contribution in [0.25, 0.3) is 0 Å². The van der Waals surface area contributed by atoms with Gasteiger partial charge in [0.05, 0.1) is 34.0 Å². The molecule has 0 radical (unpaired) electrons. The highest BCUT2D eigenvalue weighted by Crippen LogP contribution is 2.28. The molecule has 0 saturated carbocycles. The fourth-order valence-corrected chi connectivity index (χ4v) is 2.60. The zero-order valence-corrected chi connectivity index (χ0v) is 14.0. The minimum atomic E-state index is -0.00417. The molecule has 0 aliphatic carbocycles. The monoisotopic (exact) mass is 326 g/mol. The third-order valence-corrected chi connectivity index (χ3v) is 3.99. The molecule has 24 heavy (non-hydrogen) atoms. The van der Waals surface area contributed by atoms with Crippen LogP contribution in [0.2, 0.25) is 0 Å². The summed E-state index contributed by atoms with van der Waals surface area (Å²) in [4.78, 5) is 0. The van der Waals surface area contributed by atoms with Crippen LogP contribution >= 0.6 is 0 Å². The topological polar surface area (TPSA) is 36.9 Å². The fourth-order valence-electron chi connectivity index (χ4n) is 2.60. The zero-order valence-electron chi connectivity index (χ0n) is 14.0. The van der Waals surface area contributed by atoms with Gasteiger partial charge in [0.1, 0.15) is 17.6 Å². The smallest absolute Gasteiger partial charge is 0.118 e. The third kappa shape index (κ3) is 4.16. The Balaban J connectivity index is 1.50. The first-order chi connectivity index (χ1) is 11.8. The van der Waals surface area contributed by atoms with Crippen molar-refractivity contribution < 1.29 is 18.9 Å². The lowest BCUT2D eigenvalue weighted by atomic mass is 10.1. The van der Waals surface area contributed by atoms with Gasteiger partial charge in [0.2, 0.25) is 0 Å². The van der Waals surface area contributed by atoms with E-state index in [9.17, 15) is 0 Å². The van der Waals surface area contributed by atoms with Crippen LogP contribution in [0.3, 0.4) is 0 Å². The summed E-state index contributed by atoms with van der Waals surface area (Å²) in [6.07, 6.45) is 2.13. The number of hydrogen-bond donors (Lipinski definition) is 0. The van der Waals surface area contributed by atoms with Crippen molar-refractivity contribution in [1.82, 2.24) is 0 Å². The lowest BCUT2D eigenvalue weighted by Gasteiger charge is -2.08. The average molecular weight is 326 g/mol. The van der Waals surface area contributed by atoms with Crippen LogP contribution in [0.1, 0.15) is 17.2 Å². The third-order valence-electron chi connectivity index (χ3n) is 3.99. The molecule has 4 nitrogen and oxygen atoms in total. The Hall–Kier alpha value is -2.30. The standard InChI is InChI=1S/C20H22O4/c1-21-18-7-3-15(4-8-18)12-23-13-16-11-20(24-14-16)17-5-9-19(22-2)10-6-17/h3-11,20H,12-14H2,1-2H3. The van der Waals surface area contributed by atoms with E-state index < -0.39 is 0 Å². The fraction of sp³-hybridized carbons (Fsp3) is 0.300. The molecule has 0 spiro atoms. The summed E-state index contributed by atoms with van der Waals surface area (Å²) < 4.78 is 21.9. The molecule has 3 rings (SSSR count). The van der Waals surface area contributed by atoms with Gasteiger partial charge in [-0.2, -0.15) is 0 Å². The van der Waals surface area contributed by atoms with E-state index in [1.165, 1.54) is 5.57 Å². The van der Waals surface area contributed by atoms with Gasteiger partial charge in [-0.05, 0) is 47.0 Å². The highest BCUT2D eigenvalue weighted by molar-refractivity contribution is 5.32. The zero-order chi connectivity index (χ0) is 16.8. The van der Waals surface area contributed by atoms with Gasteiger partial charge >= 0.3 is 0 Å². The van der Waals surface area contributed by atoms with E-state index in [2.05, 4.69) is 6.08 Å². The predicted octanol–water partition coefficient (Wildman–Crippen LogP) is 3.92. The van der Waals surface area contributed by atoms with Crippen LogP contribution < -0.4 is 9.47 Å². The summed E-state index contributed by atoms with van der Waals surface area (Å²) in [6.45, 7) is 1.77. The maximum atomic E-state index is 5.83. The summed E-state index contributed by atoms with van der Waals surface area (Å²) in [7, 11) is 3.33. The number of rotatable bonds is 7. The Morgan fingerprint density at radius 3 is 2.12 bits per heavy atom. The van der Waals surface area contributed by atoms with Gasteiger partial charge in [-0.3, -0.25) is 0 Å². The first kappa shape index (κ1) is 16.6. The van der Waals surface area contributed by atoms with Gasteiger partial charge in [-0.1, -0.05) is 24.3 Å². The Labute approximate surface area is 142 Å². The molecule has 0 N–H and O–H groups in total. The predicted molar refractivity (Wildman–Crippen MR) is 92.4 cm³/mol. The van der Waals surface area contributed by atoms with Gasteiger partial charge in [0.25, 0.3) is 0 Å². The first-order valence-electron chi connectivity index (χ1n) is 7.94. The van der Waals surface area contributed by atoms with Crippen molar-refractivity contribution in [2.45, 2.75) is 12.7 Å². The molecule has 0 fully saturated rings. The van der Waals surface area contributed by atoms with E-state index in [0.717, 1.165) is 22.6 Å². The first-order valence-corrected chi connectivity index (χ1v) is 7.94.